The summed E-state index contributed by atoms with van der Waals surface area (Å²) in [5.74, 6) is 0.164. The Morgan fingerprint density at radius 3 is 2.00 bits per heavy atom. The van der Waals surface area contributed by atoms with E-state index in [1.165, 1.54) is 11.1 Å². The van der Waals surface area contributed by atoms with E-state index in [4.69, 9.17) is 9.97 Å². The minimum Gasteiger partial charge on any atom is -0.348 e. The molecular weight excluding hydrogens is 310 g/mol. The fourth-order valence-electron chi connectivity index (χ4n) is 5.21. The maximum atomic E-state index is 13.4. The van der Waals surface area contributed by atoms with E-state index < -0.39 is 5.41 Å². The third-order valence-electron chi connectivity index (χ3n) is 7.42. The van der Waals surface area contributed by atoms with Gasteiger partial charge in [-0.1, -0.05) is 20.8 Å². The molecule has 1 aromatic heterocycles. The highest BCUT2D eigenvalue weighted by atomic mass is 16.2. The van der Waals surface area contributed by atoms with Crippen molar-refractivity contribution in [2.24, 2.45) is 5.41 Å². The molecule has 2 aromatic rings. The highest BCUT2D eigenvalue weighted by molar-refractivity contribution is 5.92. The number of hydrogen-bond donors (Lipinski definition) is 0. The van der Waals surface area contributed by atoms with Crippen molar-refractivity contribution < 1.29 is 4.79 Å². The number of hydrogen-bond acceptors (Lipinski definition) is 3. The van der Waals surface area contributed by atoms with Crippen LogP contribution in [0.2, 0.25) is 0 Å². The Morgan fingerprint density at radius 2 is 1.48 bits per heavy atom. The maximum Gasteiger partial charge on any atom is 0.234 e. The molecule has 0 spiro atoms. The van der Waals surface area contributed by atoms with Crippen molar-refractivity contribution in [1.82, 2.24) is 14.9 Å². The molecule has 1 heterocycles. The topological polar surface area (TPSA) is 46.1 Å². The van der Waals surface area contributed by atoms with Crippen LogP contribution in [0.25, 0.3) is 11.0 Å². The van der Waals surface area contributed by atoms with Gasteiger partial charge in [0.1, 0.15) is 0 Å². The average molecular weight is 337 g/mol. The van der Waals surface area contributed by atoms with Gasteiger partial charge in [-0.05, 0) is 55.4 Å². The van der Waals surface area contributed by atoms with Crippen LogP contribution in [0.4, 0.5) is 0 Å². The lowest BCUT2D eigenvalue weighted by Gasteiger charge is -2.40. The number of likely N-dealkylation sites (N-methyl/N-ethyl adjacent to an activating group) is 1. The molecule has 1 fully saturated rings. The van der Waals surface area contributed by atoms with Gasteiger partial charge in [0.2, 0.25) is 5.91 Å². The molecule has 0 saturated heterocycles. The second kappa shape index (κ2) is 4.60. The molecule has 1 saturated carbocycles. The van der Waals surface area contributed by atoms with Crippen molar-refractivity contribution in [3.63, 3.8) is 0 Å². The minimum absolute atomic E-state index is 0.117. The van der Waals surface area contributed by atoms with E-state index in [9.17, 15) is 4.79 Å². The Labute approximate surface area is 149 Å². The zero-order chi connectivity index (χ0) is 18.4. The van der Waals surface area contributed by atoms with Crippen LogP contribution in [-0.4, -0.2) is 34.9 Å². The first-order valence-electron chi connectivity index (χ1n) is 9.08. The van der Waals surface area contributed by atoms with E-state index >= 15 is 0 Å². The first-order chi connectivity index (χ1) is 11.6. The lowest BCUT2D eigenvalue weighted by molar-refractivity contribution is -0.138. The summed E-state index contributed by atoms with van der Waals surface area (Å²) in [5.41, 5.74) is 5.35. The van der Waals surface area contributed by atoms with Crippen LogP contribution in [0.3, 0.4) is 0 Å². The Kier molecular flexibility index (Phi) is 3.03. The molecular formula is C21H27N3O. The predicted octanol–water partition coefficient (Wildman–Crippen LogP) is 3.66. The molecule has 2 bridgehead atoms. The molecule has 0 radical (unpaired) electrons. The normalized spacial score (nSPS) is 29.1. The zero-order valence-electron chi connectivity index (χ0n) is 16.3. The fraction of sp³-hybridized carbons (Fsp3) is 0.571. The molecule has 4 rings (SSSR count). The molecule has 0 aliphatic heterocycles. The zero-order valence-corrected chi connectivity index (χ0v) is 16.3. The molecule has 25 heavy (non-hydrogen) atoms. The third kappa shape index (κ3) is 1.66. The fourth-order valence-corrected chi connectivity index (χ4v) is 5.21. The Hall–Kier alpha value is -1.97. The molecule has 1 amide bonds. The monoisotopic (exact) mass is 337 g/mol. The van der Waals surface area contributed by atoms with E-state index in [1.54, 1.807) is 4.90 Å². The van der Waals surface area contributed by atoms with E-state index in [1.807, 2.05) is 14.1 Å². The van der Waals surface area contributed by atoms with Crippen molar-refractivity contribution in [2.75, 3.05) is 14.1 Å². The quantitative estimate of drug-likeness (QED) is 0.798. The largest absolute Gasteiger partial charge is 0.348 e. The van der Waals surface area contributed by atoms with Gasteiger partial charge >= 0.3 is 0 Å². The first kappa shape index (κ1) is 16.5. The molecule has 1 aromatic carbocycles. The SMILES string of the molecule is Cc1cc2nc3c(nc2cc1C)[C@@]1(C(=O)N(C)C)CC[C@]3(C)C1(C)C. The maximum absolute atomic E-state index is 13.4. The first-order valence-corrected chi connectivity index (χ1v) is 9.08. The number of fused-ring (bicyclic) bond motifs is 6. The van der Waals surface area contributed by atoms with Crippen molar-refractivity contribution in [1.29, 1.82) is 0 Å². The summed E-state index contributed by atoms with van der Waals surface area (Å²) in [6.45, 7) is 10.9. The van der Waals surface area contributed by atoms with E-state index in [0.29, 0.717) is 0 Å². The summed E-state index contributed by atoms with van der Waals surface area (Å²) in [6, 6.07) is 4.23. The molecule has 0 N–H and O–H groups in total. The minimum atomic E-state index is -0.569. The van der Waals surface area contributed by atoms with Gasteiger partial charge in [-0.25, -0.2) is 9.97 Å². The van der Waals surface area contributed by atoms with Crippen LogP contribution < -0.4 is 0 Å². The summed E-state index contributed by atoms with van der Waals surface area (Å²) in [6.07, 6.45) is 1.84. The second-order valence-corrected chi connectivity index (χ2v) is 8.91. The average Bonchev–Trinajstić information content (AvgIpc) is 2.82. The summed E-state index contributed by atoms with van der Waals surface area (Å²) < 4.78 is 0. The summed E-state index contributed by atoms with van der Waals surface area (Å²) in [5, 5.41) is 0. The number of nitrogens with zero attached hydrogens (tertiary/aromatic N) is 3. The number of carbonyl (C=O) groups excluding carboxylic acids is 1. The van der Waals surface area contributed by atoms with Crippen LogP contribution in [0, 0.1) is 19.3 Å². The van der Waals surface area contributed by atoms with Gasteiger partial charge in [0.15, 0.2) is 0 Å². The highest BCUT2D eigenvalue weighted by Crippen LogP contribution is 2.70. The van der Waals surface area contributed by atoms with Crippen LogP contribution >= 0.6 is 0 Å². The van der Waals surface area contributed by atoms with Gasteiger partial charge in [-0.2, -0.15) is 0 Å². The van der Waals surface area contributed by atoms with E-state index in [-0.39, 0.29) is 16.7 Å². The van der Waals surface area contributed by atoms with Gasteiger partial charge in [-0.3, -0.25) is 4.79 Å². The standard InChI is InChI=1S/C21H27N3O/c1-12-10-14-15(11-13(12)2)23-17-16(22-14)20(5)8-9-21(17,19(20,3)4)18(25)24(6)7/h10-11H,8-9H2,1-7H3/t20-,21+/m0/s1. The van der Waals surface area contributed by atoms with E-state index in [0.717, 1.165) is 35.3 Å². The Morgan fingerprint density at radius 1 is 0.960 bits per heavy atom. The molecule has 2 aliphatic rings. The van der Waals surface area contributed by atoms with Gasteiger partial charge in [0.25, 0.3) is 0 Å². The van der Waals surface area contributed by atoms with Crippen molar-refractivity contribution in [2.45, 2.75) is 58.3 Å². The van der Waals surface area contributed by atoms with Gasteiger partial charge < -0.3 is 4.90 Å². The summed E-state index contributed by atoms with van der Waals surface area (Å²) in [4.78, 5) is 25.2. The smallest absolute Gasteiger partial charge is 0.234 e. The van der Waals surface area contributed by atoms with Gasteiger partial charge in [0, 0.05) is 19.5 Å². The van der Waals surface area contributed by atoms with Crippen LogP contribution in [0.1, 0.15) is 56.1 Å². The molecule has 2 aliphatic carbocycles. The highest BCUT2D eigenvalue weighted by Gasteiger charge is 2.73. The lowest BCUT2D eigenvalue weighted by Crippen LogP contribution is -2.50. The van der Waals surface area contributed by atoms with Crippen LogP contribution in [0.15, 0.2) is 12.1 Å². The van der Waals surface area contributed by atoms with Crippen molar-refractivity contribution in [3.8, 4) is 0 Å². The number of rotatable bonds is 1. The number of aryl methyl sites for hydroxylation is 2. The van der Waals surface area contributed by atoms with E-state index in [2.05, 4.69) is 46.8 Å². The summed E-state index contributed by atoms with van der Waals surface area (Å²) >= 11 is 0. The van der Waals surface area contributed by atoms with Crippen molar-refractivity contribution in [3.05, 3.63) is 34.6 Å². The predicted molar refractivity (Wildman–Crippen MR) is 99.8 cm³/mol. The molecule has 4 nitrogen and oxygen atoms in total. The number of benzene rings is 1. The number of aromatic nitrogens is 2. The Balaban J connectivity index is 2.10. The lowest BCUT2D eigenvalue weighted by atomic mass is 9.63. The number of amides is 1. The van der Waals surface area contributed by atoms with Crippen LogP contribution in [-0.2, 0) is 15.6 Å². The van der Waals surface area contributed by atoms with Gasteiger partial charge in [-0.15, -0.1) is 0 Å². The molecule has 2 atom stereocenters. The number of carbonyl (C=O) groups is 1. The third-order valence-corrected chi connectivity index (χ3v) is 7.42. The van der Waals surface area contributed by atoms with Crippen molar-refractivity contribution >= 4 is 16.9 Å². The van der Waals surface area contributed by atoms with Crippen LogP contribution in [0.5, 0.6) is 0 Å². The molecule has 0 unspecified atom stereocenters. The molecule has 4 heteroatoms. The van der Waals surface area contributed by atoms with Gasteiger partial charge in [0.05, 0.1) is 27.8 Å². The molecule has 132 valence electrons. The second-order valence-electron chi connectivity index (χ2n) is 8.91. The summed E-state index contributed by atoms with van der Waals surface area (Å²) in [7, 11) is 3.70. The Bertz CT molecular complexity index is 930.